The Balaban J connectivity index is 2.20. The van der Waals surface area contributed by atoms with Gasteiger partial charge in [0.25, 0.3) is 5.69 Å². The third-order valence-corrected chi connectivity index (χ3v) is 3.38. The Morgan fingerprint density at radius 3 is 2.60 bits per heavy atom. The van der Waals surface area contributed by atoms with Gasteiger partial charge in [0.1, 0.15) is 5.69 Å². The number of anilines is 1. The van der Waals surface area contributed by atoms with Crippen LogP contribution in [0.3, 0.4) is 0 Å². The lowest BCUT2D eigenvalue weighted by Crippen LogP contribution is -2.37. The van der Waals surface area contributed by atoms with Crippen LogP contribution in [0.2, 0.25) is 0 Å². The van der Waals surface area contributed by atoms with Crippen molar-refractivity contribution < 1.29 is 9.66 Å². The molecule has 0 spiro atoms. The first kappa shape index (κ1) is 14.3. The number of nitrogens with zero attached hydrogens (tertiary/aromatic N) is 2. The van der Waals surface area contributed by atoms with Gasteiger partial charge in [-0.15, -0.1) is 0 Å². The van der Waals surface area contributed by atoms with Crippen molar-refractivity contribution in [2.75, 3.05) is 5.32 Å². The third kappa shape index (κ3) is 3.25. The molecule has 2 unspecified atom stereocenters. The molecule has 0 aromatic heterocycles. The van der Waals surface area contributed by atoms with E-state index in [1.807, 2.05) is 19.9 Å². The number of nitro benzene ring substituents is 1. The molecule has 1 saturated heterocycles. The summed E-state index contributed by atoms with van der Waals surface area (Å²) in [6.45, 7) is 4.00. The normalized spacial score (nSPS) is 25.8. The van der Waals surface area contributed by atoms with Crippen molar-refractivity contribution in [2.24, 2.45) is 0 Å². The number of nitriles is 1. The molecule has 0 saturated carbocycles. The zero-order valence-corrected chi connectivity index (χ0v) is 11.5. The Kier molecular flexibility index (Phi) is 4.20. The number of hydrogen-bond acceptors (Lipinski definition) is 5. The Bertz CT molecular complexity index is 543. The van der Waals surface area contributed by atoms with Crippen LogP contribution in [0, 0.1) is 21.4 Å². The highest BCUT2D eigenvalue weighted by atomic mass is 16.6. The van der Waals surface area contributed by atoms with E-state index in [0.717, 1.165) is 12.8 Å². The molecular weight excluding hydrogens is 258 g/mol. The molecule has 1 aromatic carbocycles. The fourth-order valence-electron chi connectivity index (χ4n) is 2.62. The third-order valence-electron chi connectivity index (χ3n) is 3.38. The van der Waals surface area contributed by atoms with Gasteiger partial charge in [0, 0.05) is 12.1 Å². The second kappa shape index (κ2) is 5.88. The zero-order chi connectivity index (χ0) is 14.7. The lowest BCUT2D eigenvalue weighted by atomic mass is 9.99. The smallest absolute Gasteiger partial charge is 0.293 e. The lowest BCUT2D eigenvalue weighted by molar-refractivity contribution is -0.384. The molecule has 0 radical (unpaired) electrons. The van der Waals surface area contributed by atoms with Gasteiger partial charge in [0.2, 0.25) is 0 Å². The van der Waals surface area contributed by atoms with E-state index in [1.165, 1.54) is 6.07 Å². The molecule has 6 nitrogen and oxygen atoms in total. The second-order valence-corrected chi connectivity index (χ2v) is 5.17. The molecule has 1 aromatic rings. The maximum absolute atomic E-state index is 11.1. The molecule has 0 amide bonds. The fourth-order valence-corrected chi connectivity index (χ4v) is 2.62. The van der Waals surface area contributed by atoms with E-state index in [2.05, 4.69) is 5.32 Å². The summed E-state index contributed by atoms with van der Waals surface area (Å²) in [5.74, 6) is 0. The summed E-state index contributed by atoms with van der Waals surface area (Å²) in [5, 5.41) is 23.1. The average Bonchev–Trinajstić information content (AvgIpc) is 2.37. The number of ether oxygens (including phenoxy) is 1. The molecule has 2 rings (SSSR count). The van der Waals surface area contributed by atoms with Crippen LogP contribution in [0.1, 0.15) is 32.3 Å². The summed E-state index contributed by atoms with van der Waals surface area (Å²) >= 11 is 0. The van der Waals surface area contributed by atoms with Crippen LogP contribution in [-0.4, -0.2) is 23.2 Å². The van der Waals surface area contributed by atoms with Crippen LogP contribution in [0.4, 0.5) is 11.4 Å². The molecule has 6 heteroatoms. The first-order valence-corrected chi connectivity index (χ1v) is 6.60. The summed E-state index contributed by atoms with van der Waals surface area (Å²) in [6, 6.07) is 6.54. The molecule has 1 N–H and O–H groups in total. The number of hydrogen-bond donors (Lipinski definition) is 1. The van der Waals surface area contributed by atoms with Gasteiger partial charge in [-0.1, -0.05) is 0 Å². The van der Waals surface area contributed by atoms with Crippen LogP contribution in [0.5, 0.6) is 0 Å². The van der Waals surface area contributed by atoms with Crippen molar-refractivity contribution in [3.63, 3.8) is 0 Å². The Morgan fingerprint density at radius 2 is 2.05 bits per heavy atom. The van der Waals surface area contributed by atoms with E-state index in [4.69, 9.17) is 10.00 Å². The lowest BCUT2D eigenvalue weighted by Gasteiger charge is -2.33. The number of nitrogens with one attached hydrogen (secondary N) is 1. The number of rotatable bonds is 3. The minimum absolute atomic E-state index is 0.0594. The summed E-state index contributed by atoms with van der Waals surface area (Å²) in [5.41, 5.74) is 0.687. The van der Waals surface area contributed by atoms with Crippen LogP contribution < -0.4 is 5.32 Å². The number of benzene rings is 1. The first-order valence-electron chi connectivity index (χ1n) is 6.60. The first-order chi connectivity index (χ1) is 9.49. The van der Waals surface area contributed by atoms with E-state index in [9.17, 15) is 10.1 Å². The average molecular weight is 275 g/mol. The minimum atomic E-state index is -0.463. The van der Waals surface area contributed by atoms with Gasteiger partial charge in [-0.25, -0.2) is 0 Å². The molecule has 0 aliphatic carbocycles. The Morgan fingerprint density at radius 1 is 1.40 bits per heavy atom. The fraction of sp³-hybridized carbons (Fsp3) is 0.500. The van der Waals surface area contributed by atoms with E-state index in [-0.39, 0.29) is 29.5 Å². The monoisotopic (exact) mass is 275 g/mol. The molecule has 1 aliphatic heterocycles. The minimum Gasteiger partial charge on any atom is -0.377 e. The van der Waals surface area contributed by atoms with Crippen molar-refractivity contribution >= 4 is 11.4 Å². The SMILES string of the molecule is CC1CC(Nc2ccc(C#N)cc2[N+](=O)[O-])CC(C)O1. The van der Waals surface area contributed by atoms with Gasteiger partial charge in [-0.3, -0.25) is 10.1 Å². The maximum atomic E-state index is 11.1. The Hall–Kier alpha value is -2.13. The zero-order valence-electron chi connectivity index (χ0n) is 11.5. The summed E-state index contributed by atoms with van der Waals surface area (Å²) in [4.78, 5) is 10.6. The van der Waals surface area contributed by atoms with Crippen LogP contribution in [0.15, 0.2) is 18.2 Å². The van der Waals surface area contributed by atoms with Crippen LogP contribution in [0.25, 0.3) is 0 Å². The summed E-state index contributed by atoms with van der Waals surface area (Å²) in [6.07, 6.45) is 1.88. The molecule has 20 heavy (non-hydrogen) atoms. The number of nitro groups is 1. The van der Waals surface area contributed by atoms with Gasteiger partial charge in [0.05, 0.1) is 28.8 Å². The molecule has 0 bridgehead atoms. The van der Waals surface area contributed by atoms with Gasteiger partial charge in [-0.2, -0.15) is 5.26 Å². The van der Waals surface area contributed by atoms with Crippen molar-refractivity contribution in [1.29, 1.82) is 5.26 Å². The van der Waals surface area contributed by atoms with E-state index >= 15 is 0 Å². The highest BCUT2D eigenvalue weighted by molar-refractivity contribution is 5.64. The second-order valence-electron chi connectivity index (χ2n) is 5.17. The highest BCUT2D eigenvalue weighted by Crippen LogP contribution is 2.29. The predicted octanol–water partition coefficient (Wildman–Crippen LogP) is 2.83. The Labute approximate surface area is 117 Å². The van der Waals surface area contributed by atoms with Gasteiger partial charge in [-0.05, 0) is 38.8 Å². The van der Waals surface area contributed by atoms with E-state index < -0.39 is 4.92 Å². The molecule has 1 aliphatic rings. The van der Waals surface area contributed by atoms with Crippen molar-refractivity contribution in [3.05, 3.63) is 33.9 Å². The van der Waals surface area contributed by atoms with Crippen molar-refractivity contribution in [1.82, 2.24) is 0 Å². The highest BCUT2D eigenvalue weighted by Gasteiger charge is 2.26. The molecule has 2 atom stereocenters. The molecular formula is C14H17N3O3. The predicted molar refractivity (Wildman–Crippen MR) is 74.5 cm³/mol. The summed E-state index contributed by atoms with van der Waals surface area (Å²) in [7, 11) is 0. The molecule has 1 fully saturated rings. The standard InChI is InChI=1S/C14H17N3O3/c1-9-5-12(6-10(2)20-9)16-13-4-3-11(8-15)7-14(13)17(18)19/h3-4,7,9-10,12,16H,5-6H2,1-2H3. The van der Waals surface area contributed by atoms with Crippen molar-refractivity contribution in [3.8, 4) is 6.07 Å². The molecule has 106 valence electrons. The molecule has 1 heterocycles. The van der Waals surface area contributed by atoms with E-state index in [1.54, 1.807) is 12.1 Å². The van der Waals surface area contributed by atoms with Crippen LogP contribution in [-0.2, 0) is 4.74 Å². The largest absolute Gasteiger partial charge is 0.377 e. The van der Waals surface area contributed by atoms with Gasteiger partial charge < -0.3 is 10.1 Å². The van der Waals surface area contributed by atoms with Gasteiger partial charge in [0.15, 0.2) is 0 Å². The van der Waals surface area contributed by atoms with Crippen molar-refractivity contribution in [2.45, 2.75) is 44.9 Å². The maximum Gasteiger partial charge on any atom is 0.293 e. The quantitative estimate of drug-likeness (QED) is 0.676. The van der Waals surface area contributed by atoms with Crippen LogP contribution >= 0.6 is 0 Å². The van der Waals surface area contributed by atoms with E-state index in [0.29, 0.717) is 5.69 Å². The topological polar surface area (TPSA) is 88.2 Å². The van der Waals surface area contributed by atoms with Gasteiger partial charge >= 0.3 is 0 Å². The summed E-state index contributed by atoms with van der Waals surface area (Å²) < 4.78 is 5.65.